The normalized spacial score (nSPS) is 17.8. The molecule has 1 saturated carbocycles. The largest absolute Gasteiger partial charge is 0.424 e. The molecular formula is C14H17N3O4. The van der Waals surface area contributed by atoms with Crippen LogP contribution in [0.3, 0.4) is 0 Å². The first-order valence-electron chi connectivity index (χ1n) is 7.07. The molecule has 1 aliphatic carbocycles. The van der Waals surface area contributed by atoms with E-state index in [9.17, 15) is 15.2 Å². The van der Waals surface area contributed by atoms with Crippen molar-refractivity contribution in [1.82, 2.24) is 4.98 Å². The van der Waals surface area contributed by atoms with Gasteiger partial charge in [-0.15, -0.1) is 0 Å². The minimum absolute atomic E-state index is 0.0201. The molecule has 0 bridgehead atoms. The van der Waals surface area contributed by atoms with Gasteiger partial charge in [-0.2, -0.15) is 4.98 Å². The Hall–Kier alpha value is -2.15. The Morgan fingerprint density at radius 2 is 2.14 bits per heavy atom. The first-order chi connectivity index (χ1) is 10.1. The number of nitrogens with zero attached hydrogens (tertiary/aromatic N) is 2. The second-order valence-corrected chi connectivity index (χ2v) is 5.57. The Kier molecular flexibility index (Phi) is 3.50. The topological polar surface area (TPSA) is 101 Å². The Labute approximate surface area is 121 Å². The number of hydrogen-bond donors (Lipinski definition) is 2. The Morgan fingerprint density at radius 1 is 1.38 bits per heavy atom. The summed E-state index contributed by atoms with van der Waals surface area (Å²) in [6.07, 6.45) is 4.75. The van der Waals surface area contributed by atoms with E-state index in [0.717, 1.165) is 32.1 Å². The standard InChI is InChI=1S/C14H17N3O4/c18-14(6-2-1-3-7-14)9-15-13-16-11-8-10(17(19)20)4-5-12(11)21-13/h4-5,8,18H,1-3,6-7,9H2,(H,15,16). The minimum Gasteiger partial charge on any atom is -0.424 e. The highest BCUT2D eigenvalue weighted by atomic mass is 16.6. The first kappa shape index (κ1) is 13.8. The lowest BCUT2D eigenvalue weighted by Gasteiger charge is -2.31. The molecule has 1 aromatic heterocycles. The summed E-state index contributed by atoms with van der Waals surface area (Å²) in [7, 11) is 0. The summed E-state index contributed by atoms with van der Waals surface area (Å²) >= 11 is 0. The van der Waals surface area contributed by atoms with Crippen molar-refractivity contribution < 1.29 is 14.4 Å². The predicted octanol–water partition coefficient (Wildman–Crippen LogP) is 2.84. The fourth-order valence-electron chi connectivity index (χ4n) is 2.73. The Morgan fingerprint density at radius 3 is 2.86 bits per heavy atom. The molecule has 0 unspecified atom stereocenters. The second-order valence-electron chi connectivity index (χ2n) is 5.57. The van der Waals surface area contributed by atoms with Crippen LogP contribution in [0.15, 0.2) is 22.6 Å². The zero-order valence-electron chi connectivity index (χ0n) is 11.5. The number of fused-ring (bicyclic) bond motifs is 1. The maximum atomic E-state index is 10.7. The minimum atomic E-state index is -0.717. The van der Waals surface area contributed by atoms with Gasteiger partial charge in [0, 0.05) is 18.7 Å². The van der Waals surface area contributed by atoms with Gasteiger partial charge >= 0.3 is 0 Å². The van der Waals surface area contributed by atoms with Crippen molar-refractivity contribution in [3.8, 4) is 0 Å². The number of non-ortho nitro benzene ring substituents is 1. The van der Waals surface area contributed by atoms with Crippen LogP contribution in [0.5, 0.6) is 0 Å². The fraction of sp³-hybridized carbons (Fsp3) is 0.500. The maximum absolute atomic E-state index is 10.7. The zero-order chi connectivity index (χ0) is 14.9. The van der Waals surface area contributed by atoms with Crippen molar-refractivity contribution in [3.05, 3.63) is 28.3 Å². The van der Waals surface area contributed by atoms with Crippen LogP contribution in [-0.4, -0.2) is 27.2 Å². The summed E-state index contributed by atoms with van der Waals surface area (Å²) in [6.45, 7) is 0.377. The molecule has 1 aromatic carbocycles. The number of anilines is 1. The molecule has 0 saturated heterocycles. The van der Waals surface area contributed by atoms with Crippen LogP contribution in [-0.2, 0) is 0 Å². The number of nitro groups is 1. The van der Waals surface area contributed by atoms with E-state index in [1.165, 1.54) is 18.2 Å². The predicted molar refractivity (Wildman–Crippen MR) is 77.2 cm³/mol. The third-order valence-electron chi connectivity index (χ3n) is 3.93. The van der Waals surface area contributed by atoms with Crippen LogP contribution >= 0.6 is 0 Å². The molecule has 3 rings (SSSR count). The summed E-state index contributed by atoms with van der Waals surface area (Å²) < 4.78 is 5.48. The smallest absolute Gasteiger partial charge is 0.295 e. The third kappa shape index (κ3) is 2.97. The molecule has 0 spiro atoms. The van der Waals surface area contributed by atoms with Crippen molar-refractivity contribution >= 4 is 22.8 Å². The molecular weight excluding hydrogens is 274 g/mol. The van der Waals surface area contributed by atoms with E-state index in [1.807, 2.05) is 0 Å². The van der Waals surface area contributed by atoms with Gasteiger partial charge in [-0.3, -0.25) is 10.1 Å². The lowest BCUT2D eigenvalue weighted by molar-refractivity contribution is -0.384. The van der Waals surface area contributed by atoms with Crippen LogP contribution in [0, 0.1) is 10.1 Å². The molecule has 112 valence electrons. The van der Waals surface area contributed by atoms with Crippen LogP contribution in [0.2, 0.25) is 0 Å². The molecule has 0 amide bonds. The van der Waals surface area contributed by atoms with Crippen molar-refractivity contribution in [2.45, 2.75) is 37.7 Å². The summed E-state index contributed by atoms with van der Waals surface area (Å²) in [6, 6.07) is 4.57. The van der Waals surface area contributed by atoms with E-state index in [-0.39, 0.29) is 11.7 Å². The van der Waals surface area contributed by atoms with Crippen molar-refractivity contribution in [2.24, 2.45) is 0 Å². The third-order valence-corrected chi connectivity index (χ3v) is 3.93. The maximum Gasteiger partial charge on any atom is 0.295 e. The molecule has 1 heterocycles. The number of rotatable bonds is 4. The second kappa shape index (κ2) is 5.33. The van der Waals surface area contributed by atoms with Gasteiger partial charge in [0.15, 0.2) is 5.58 Å². The van der Waals surface area contributed by atoms with E-state index < -0.39 is 10.5 Å². The number of benzene rings is 1. The van der Waals surface area contributed by atoms with Gasteiger partial charge in [-0.1, -0.05) is 19.3 Å². The number of hydrogen-bond acceptors (Lipinski definition) is 6. The van der Waals surface area contributed by atoms with Gasteiger partial charge in [0.2, 0.25) is 0 Å². The molecule has 0 aliphatic heterocycles. The van der Waals surface area contributed by atoms with E-state index in [1.54, 1.807) is 0 Å². The van der Waals surface area contributed by atoms with Gasteiger partial charge in [0.05, 0.1) is 10.5 Å². The summed E-state index contributed by atoms with van der Waals surface area (Å²) in [5, 5.41) is 24.1. The van der Waals surface area contributed by atoms with Gasteiger partial charge in [0.1, 0.15) is 5.52 Å². The average Bonchev–Trinajstić information content (AvgIpc) is 2.88. The lowest BCUT2D eigenvalue weighted by Crippen LogP contribution is -2.38. The van der Waals surface area contributed by atoms with Gasteiger partial charge < -0.3 is 14.8 Å². The van der Waals surface area contributed by atoms with E-state index >= 15 is 0 Å². The van der Waals surface area contributed by atoms with E-state index in [0.29, 0.717) is 17.6 Å². The molecule has 2 N–H and O–H groups in total. The number of aliphatic hydroxyl groups is 1. The first-order valence-corrected chi connectivity index (χ1v) is 7.07. The van der Waals surface area contributed by atoms with E-state index in [2.05, 4.69) is 10.3 Å². The Bertz CT molecular complexity index is 661. The number of aromatic nitrogens is 1. The number of nitro benzene ring substituents is 1. The molecule has 1 fully saturated rings. The van der Waals surface area contributed by atoms with Gasteiger partial charge in [-0.05, 0) is 18.9 Å². The van der Waals surface area contributed by atoms with Crippen molar-refractivity contribution in [2.75, 3.05) is 11.9 Å². The molecule has 1 aliphatic rings. The zero-order valence-corrected chi connectivity index (χ0v) is 11.5. The van der Waals surface area contributed by atoms with Gasteiger partial charge in [-0.25, -0.2) is 0 Å². The molecule has 0 atom stereocenters. The molecule has 0 radical (unpaired) electrons. The van der Waals surface area contributed by atoms with Crippen molar-refractivity contribution in [1.29, 1.82) is 0 Å². The molecule has 7 heteroatoms. The molecule has 2 aromatic rings. The van der Waals surface area contributed by atoms with Crippen LogP contribution in [0.1, 0.15) is 32.1 Å². The SMILES string of the molecule is O=[N+]([O-])c1ccc2oc(NCC3(O)CCCCC3)nc2c1. The summed E-state index contributed by atoms with van der Waals surface area (Å²) in [5.41, 5.74) is 0.180. The monoisotopic (exact) mass is 291 g/mol. The summed E-state index contributed by atoms with van der Waals surface area (Å²) in [5.74, 6) is 0. The van der Waals surface area contributed by atoms with Gasteiger partial charge in [0.25, 0.3) is 11.7 Å². The van der Waals surface area contributed by atoms with Crippen LogP contribution < -0.4 is 5.32 Å². The number of oxazole rings is 1. The Balaban J connectivity index is 1.73. The van der Waals surface area contributed by atoms with Crippen LogP contribution in [0.4, 0.5) is 11.7 Å². The highest BCUT2D eigenvalue weighted by Crippen LogP contribution is 2.29. The van der Waals surface area contributed by atoms with Crippen LogP contribution in [0.25, 0.3) is 11.1 Å². The molecule has 7 nitrogen and oxygen atoms in total. The average molecular weight is 291 g/mol. The highest BCUT2D eigenvalue weighted by Gasteiger charge is 2.29. The summed E-state index contributed by atoms with van der Waals surface area (Å²) in [4.78, 5) is 14.4. The fourth-order valence-corrected chi connectivity index (χ4v) is 2.73. The molecule has 21 heavy (non-hydrogen) atoms. The lowest BCUT2D eigenvalue weighted by atomic mass is 9.85. The number of nitrogens with one attached hydrogen (secondary N) is 1. The van der Waals surface area contributed by atoms with E-state index in [4.69, 9.17) is 4.42 Å². The van der Waals surface area contributed by atoms with Crippen molar-refractivity contribution in [3.63, 3.8) is 0 Å². The highest BCUT2D eigenvalue weighted by molar-refractivity contribution is 5.77. The quantitative estimate of drug-likeness (QED) is 0.663.